The van der Waals surface area contributed by atoms with Crippen LogP contribution in [0.4, 0.5) is 0 Å². The molecule has 6 heteroatoms. The number of aromatic nitrogens is 2. The molecule has 1 fully saturated rings. The van der Waals surface area contributed by atoms with Gasteiger partial charge in [0, 0.05) is 39.2 Å². The van der Waals surface area contributed by atoms with Gasteiger partial charge in [-0.1, -0.05) is 0 Å². The molecule has 1 saturated heterocycles. The smallest absolute Gasteiger partial charge is 0.222 e. The zero-order chi connectivity index (χ0) is 15.2. The van der Waals surface area contributed by atoms with E-state index in [0.29, 0.717) is 25.8 Å². The quantitative estimate of drug-likeness (QED) is 0.794. The lowest BCUT2D eigenvalue weighted by atomic mass is 10.2. The number of hydrogen-bond donors (Lipinski definition) is 0. The maximum Gasteiger partial charge on any atom is 0.222 e. The van der Waals surface area contributed by atoms with Crippen molar-refractivity contribution >= 4 is 11.8 Å². The average molecular weight is 290 g/mol. The summed E-state index contributed by atoms with van der Waals surface area (Å²) in [5, 5.41) is 0. The second-order valence-corrected chi connectivity index (χ2v) is 5.40. The molecule has 2 amide bonds. The van der Waals surface area contributed by atoms with Gasteiger partial charge in [-0.25, -0.2) is 9.97 Å². The van der Waals surface area contributed by atoms with E-state index in [0.717, 1.165) is 18.7 Å². The molecule has 21 heavy (non-hydrogen) atoms. The monoisotopic (exact) mass is 290 g/mol. The van der Waals surface area contributed by atoms with Crippen LogP contribution in [0.1, 0.15) is 44.3 Å². The van der Waals surface area contributed by atoms with Gasteiger partial charge >= 0.3 is 0 Å². The summed E-state index contributed by atoms with van der Waals surface area (Å²) in [5.74, 6) is 0.290. The number of carbonyl (C=O) groups excluding carboxylic acids is 2. The Morgan fingerprint density at radius 2 is 2.33 bits per heavy atom. The number of likely N-dealkylation sites (tertiary alicyclic amines) is 1. The van der Waals surface area contributed by atoms with Gasteiger partial charge in [-0.15, -0.1) is 0 Å². The first-order valence-electron chi connectivity index (χ1n) is 7.39. The van der Waals surface area contributed by atoms with Crippen LogP contribution >= 0.6 is 0 Å². The molecule has 1 aliphatic heterocycles. The van der Waals surface area contributed by atoms with Gasteiger partial charge in [0.25, 0.3) is 0 Å². The van der Waals surface area contributed by atoms with Gasteiger partial charge in [0.2, 0.25) is 11.8 Å². The van der Waals surface area contributed by atoms with Gasteiger partial charge in [0.05, 0.1) is 11.7 Å². The van der Waals surface area contributed by atoms with Crippen LogP contribution in [0.2, 0.25) is 0 Å². The molecule has 0 unspecified atom stereocenters. The second kappa shape index (κ2) is 7.15. The highest BCUT2D eigenvalue weighted by Crippen LogP contribution is 2.17. The van der Waals surface area contributed by atoms with Crippen LogP contribution in [-0.2, 0) is 9.59 Å². The first kappa shape index (κ1) is 15.4. The molecular weight excluding hydrogens is 268 g/mol. The van der Waals surface area contributed by atoms with Crippen LogP contribution in [0.15, 0.2) is 18.6 Å². The summed E-state index contributed by atoms with van der Waals surface area (Å²) in [5.41, 5.74) is 0.829. The van der Waals surface area contributed by atoms with E-state index in [1.54, 1.807) is 18.1 Å². The van der Waals surface area contributed by atoms with Gasteiger partial charge in [-0.05, 0) is 25.8 Å². The minimum Gasteiger partial charge on any atom is -0.343 e. The molecule has 2 rings (SSSR count). The number of rotatable bonds is 6. The van der Waals surface area contributed by atoms with Crippen molar-refractivity contribution in [1.82, 2.24) is 19.8 Å². The Labute approximate surface area is 125 Å². The second-order valence-electron chi connectivity index (χ2n) is 5.40. The molecule has 0 bridgehead atoms. The lowest BCUT2D eigenvalue weighted by Crippen LogP contribution is -2.31. The molecule has 1 aromatic heterocycles. The minimum absolute atomic E-state index is 0.0751. The summed E-state index contributed by atoms with van der Waals surface area (Å²) in [6.45, 7) is 3.46. The zero-order valence-corrected chi connectivity index (χ0v) is 12.7. The van der Waals surface area contributed by atoms with Crippen LogP contribution in [0.3, 0.4) is 0 Å². The highest BCUT2D eigenvalue weighted by Gasteiger charge is 2.21. The van der Waals surface area contributed by atoms with Crippen molar-refractivity contribution in [2.45, 2.75) is 38.6 Å². The van der Waals surface area contributed by atoms with Crippen LogP contribution in [0.5, 0.6) is 0 Å². The molecule has 6 nitrogen and oxygen atoms in total. The molecular formula is C15H22N4O2. The van der Waals surface area contributed by atoms with Crippen molar-refractivity contribution in [3.8, 4) is 0 Å². The van der Waals surface area contributed by atoms with Gasteiger partial charge in [0.15, 0.2) is 0 Å². The standard InChI is InChI=1S/C15H22N4O2/c1-12(13-7-8-16-11-17-13)18(2)14(20)5-3-9-19-10-4-6-15(19)21/h7-8,11-12H,3-6,9-10H2,1-2H3/t12-/m0/s1. The van der Waals surface area contributed by atoms with E-state index in [1.807, 2.05) is 17.9 Å². The largest absolute Gasteiger partial charge is 0.343 e. The molecule has 1 atom stereocenters. The van der Waals surface area contributed by atoms with E-state index in [1.165, 1.54) is 6.33 Å². The average Bonchev–Trinajstić information content (AvgIpc) is 2.92. The van der Waals surface area contributed by atoms with Gasteiger partial charge in [-0.3, -0.25) is 9.59 Å². The highest BCUT2D eigenvalue weighted by molar-refractivity contribution is 5.78. The van der Waals surface area contributed by atoms with Gasteiger partial charge < -0.3 is 9.80 Å². The van der Waals surface area contributed by atoms with Crippen LogP contribution in [-0.4, -0.2) is 51.7 Å². The predicted molar refractivity (Wildman–Crippen MR) is 78.3 cm³/mol. The summed E-state index contributed by atoms with van der Waals surface area (Å²) in [7, 11) is 1.79. The lowest BCUT2D eigenvalue weighted by Gasteiger charge is -2.25. The molecule has 114 valence electrons. The maximum absolute atomic E-state index is 12.2. The van der Waals surface area contributed by atoms with Crippen molar-refractivity contribution in [3.63, 3.8) is 0 Å². The fourth-order valence-electron chi connectivity index (χ4n) is 2.50. The van der Waals surface area contributed by atoms with Crippen molar-refractivity contribution in [1.29, 1.82) is 0 Å². The summed E-state index contributed by atoms with van der Waals surface area (Å²) >= 11 is 0. The molecule has 2 heterocycles. The first-order valence-corrected chi connectivity index (χ1v) is 7.39. The Balaban J connectivity index is 1.78. The lowest BCUT2D eigenvalue weighted by molar-refractivity contribution is -0.133. The summed E-state index contributed by atoms with van der Waals surface area (Å²) in [6, 6.07) is 1.74. The molecule has 0 aliphatic carbocycles. The molecule has 1 aliphatic rings. The van der Waals surface area contributed by atoms with E-state index in [-0.39, 0.29) is 17.9 Å². The Hall–Kier alpha value is -1.98. The Kier molecular flexibility index (Phi) is 5.25. The summed E-state index contributed by atoms with van der Waals surface area (Å²) in [4.78, 5) is 35.3. The van der Waals surface area contributed by atoms with Crippen molar-refractivity contribution in [3.05, 3.63) is 24.3 Å². The fourth-order valence-corrected chi connectivity index (χ4v) is 2.50. The molecule has 0 spiro atoms. The Morgan fingerprint density at radius 1 is 1.52 bits per heavy atom. The fraction of sp³-hybridized carbons (Fsp3) is 0.600. The third kappa shape index (κ3) is 4.00. The molecule has 1 aromatic rings. The number of amides is 2. The normalized spacial score (nSPS) is 16.1. The molecule has 0 N–H and O–H groups in total. The van der Waals surface area contributed by atoms with Gasteiger partial charge in [0.1, 0.15) is 6.33 Å². The SMILES string of the molecule is C[C@@H](c1ccncn1)N(C)C(=O)CCCN1CCCC1=O. The molecule has 0 radical (unpaired) electrons. The number of carbonyl (C=O) groups is 2. The predicted octanol–water partition coefficient (Wildman–Crippen LogP) is 1.40. The third-order valence-electron chi connectivity index (χ3n) is 4.00. The van der Waals surface area contributed by atoms with E-state index in [2.05, 4.69) is 9.97 Å². The van der Waals surface area contributed by atoms with E-state index in [9.17, 15) is 9.59 Å². The van der Waals surface area contributed by atoms with Crippen LogP contribution < -0.4 is 0 Å². The summed E-state index contributed by atoms with van der Waals surface area (Å²) in [6.07, 6.45) is 5.93. The van der Waals surface area contributed by atoms with Crippen LogP contribution in [0, 0.1) is 0 Å². The number of hydrogen-bond acceptors (Lipinski definition) is 4. The Bertz CT molecular complexity index is 492. The molecule has 0 saturated carbocycles. The highest BCUT2D eigenvalue weighted by atomic mass is 16.2. The van der Waals surface area contributed by atoms with Gasteiger partial charge in [-0.2, -0.15) is 0 Å². The van der Waals surface area contributed by atoms with Crippen molar-refractivity contribution < 1.29 is 9.59 Å². The minimum atomic E-state index is -0.0751. The van der Waals surface area contributed by atoms with E-state index < -0.39 is 0 Å². The van der Waals surface area contributed by atoms with E-state index in [4.69, 9.17) is 0 Å². The Morgan fingerprint density at radius 3 is 2.95 bits per heavy atom. The zero-order valence-electron chi connectivity index (χ0n) is 12.7. The maximum atomic E-state index is 12.2. The van der Waals surface area contributed by atoms with Crippen LogP contribution in [0.25, 0.3) is 0 Å². The van der Waals surface area contributed by atoms with Crippen molar-refractivity contribution in [2.24, 2.45) is 0 Å². The van der Waals surface area contributed by atoms with E-state index >= 15 is 0 Å². The van der Waals surface area contributed by atoms with Crippen molar-refractivity contribution in [2.75, 3.05) is 20.1 Å². The first-order chi connectivity index (χ1) is 10.1. The summed E-state index contributed by atoms with van der Waals surface area (Å²) < 4.78 is 0. The third-order valence-corrected chi connectivity index (χ3v) is 4.00. The number of nitrogens with zero attached hydrogens (tertiary/aromatic N) is 4. The topological polar surface area (TPSA) is 66.4 Å². The molecule has 0 aromatic carbocycles.